The van der Waals surface area contributed by atoms with Crippen LogP contribution in [-0.4, -0.2) is 25.2 Å². The zero-order valence-electron chi connectivity index (χ0n) is 11.3. The lowest BCUT2D eigenvalue weighted by Crippen LogP contribution is -2.27. The average Bonchev–Trinajstić information content (AvgIpc) is 2.40. The molecule has 1 aliphatic rings. The van der Waals surface area contributed by atoms with E-state index in [9.17, 15) is 4.79 Å². The highest BCUT2D eigenvalue weighted by atomic mass is 16.5. The molecule has 0 radical (unpaired) electrons. The predicted octanol–water partition coefficient (Wildman–Crippen LogP) is 2.76. The van der Waals surface area contributed by atoms with Crippen LogP contribution >= 0.6 is 0 Å². The maximum Gasteiger partial charge on any atom is 0.253 e. The molecular formula is C15H19NO3. The summed E-state index contributed by atoms with van der Waals surface area (Å²) in [5.74, 6) is 0.642. The maximum atomic E-state index is 12.1. The van der Waals surface area contributed by atoms with E-state index in [1.165, 1.54) is 0 Å². The van der Waals surface area contributed by atoms with E-state index in [0.717, 1.165) is 17.9 Å². The second-order valence-electron chi connectivity index (χ2n) is 4.38. The maximum absolute atomic E-state index is 12.1. The summed E-state index contributed by atoms with van der Waals surface area (Å²) in [5, 5.41) is 2.87. The lowest BCUT2D eigenvalue weighted by Gasteiger charge is -2.20. The number of ether oxygens (including phenoxy) is 2. The average molecular weight is 261 g/mol. The fourth-order valence-corrected chi connectivity index (χ4v) is 2.03. The molecule has 0 fully saturated rings. The molecule has 19 heavy (non-hydrogen) atoms. The lowest BCUT2D eigenvalue weighted by atomic mass is 10.1. The first-order chi connectivity index (χ1) is 9.20. The van der Waals surface area contributed by atoms with Crippen LogP contribution in [0, 0.1) is 0 Å². The minimum atomic E-state index is -0.149. The van der Waals surface area contributed by atoms with Crippen LogP contribution in [0.1, 0.15) is 20.3 Å². The molecule has 4 heteroatoms. The molecular weight excluding hydrogens is 242 g/mol. The van der Waals surface area contributed by atoms with Crippen molar-refractivity contribution in [3.8, 4) is 5.75 Å². The monoisotopic (exact) mass is 261 g/mol. The zero-order valence-corrected chi connectivity index (χ0v) is 11.3. The third-order valence-electron chi connectivity index (χ3n) is 2.95. The van der Waals surface area contributed by atoms with E-state index in [-0.39, 0.29) is 12.0 Å². The van der Waals surface area contributed by atoms with Crippen molar-refractivity contribution in [2.75, 3.05) is 18.5 Å². The molecule has 1 aliphatic heterocycles. The van der Waals surface area contributed by atoms with Crippen molar-refractivity contribution in [2.24, 2.45) is 0 Å². The Labute approximate surface area is 113 Å². The lowest BCUT2D eigenvalue weighted by molar-refractivity contribution is -0.114. The number of amides is 1. The summed E-state index contributed by atoms with van der Waals surface area (Å²) in [6.45, 7) is 5.10. The Hall–Kier alpha value is -1.81. The fourth-order valence-electron chi connectivity index (χ4n) is 2.03. The standard InChI is InChI=1S/C15H19NO3/c1-3-18-13-7-4-6-12(10-13)16-15(17)14-8-5-9-19-11(14)2/h4,6-8,10-11H,3,5,9H2,1-2H3,(H,16,17). The van der Waals surface area contributed by atoms with E-state index >= 15 is 0 Å². The molecule has 1 atom stereocenters. The molecule has 0 bridgehead atoms. The largest absolute Gasteiger partial charge is 0.494 e. The first-order valence-corrected chi connectivity index (χ1v) is 6.56. The van der Waals surface area contributed by atoms with Crippen LogP contribution in [-0.2, 0) is 9.53 Å². The summed E-state index contributed by atoms with van der Waals surface area (Å²) in [6, 6.07) is 7.38. The van der Waals surface area contributed by atoms with Crippen molar-refractivity contribution < 1.29 is 14.3 Å². The van der Waals surface area contributed by atoms with E-state index in [1.54, 1.807) is 0 Å². The van der Waals surface area contributed by atoms with Crippen LogP contribution in [0.5, 0.6) is 5.75 Å². The van der Waals surface area contributed by atoms with Crippen molar-refractivity contribution in [1.29, 1.82) is 0 Å². The van der Waals surface area contributed by atoms with Gasteiger partial charge >= 0.3 is 0 Å². The molecule has 0 spiro atoms. The first-order valence-electron chi connectivity index (χ1n) is 6.56. The van der Waals surface area contributed by atoms with Gasteiger partial charge in [0, 0.05) is 17.3 Å². The Balaban J connectivity index is 2.06. The Morgan fingerprint density at radius 2 is 2.37 bits per heavy atom. The number of benzene rings is 1. The van der Waals surface area contributed by atoms with Gasteiger partial charge in [-0.05, 0) is 32.4 Å². The smallest absolute Gasteiger partial charge is 0.253 e. The third kappa shape index (κ3) is 3.58. The van der Waals surface area contributed by atoms with E-state index in [4.69, 9.17) is 9.47 Å². The van der Waals surface area contributed by atoms with Crippen molar-refractivity contribution in [1.82, 2.24) is 0 Å². The normalized spacial score (nSPS) is 18.6. The van der Waals surface area contributed by atoms with Crippen molar-refractivity contribution >= 4 is 11.6 Å². The molecule has 1 N–H and O–H groups in total. The molecule has 1 amide bonds. The van der Waals surface area contributed by atoms with E-state index in [1.807, 2.05) is 44.2 Å². The highest BCUT2D eigenvalue weighted by Crippen LogP contribution is 2.20. The molecule has 0 aromatic heterocycles. The van der Waals surface area contributed by atoms with E-state index in [0.29, 0.717) is 18.8 Å². The molecule has 0 aliphatic carbocycles. The molecule has 102 valence electrons. The molecule has 1 aromatic carbocycles. The van der Waals surface area contributed by atoms with Gasteiger partial charge in [0.1, 0.15) is 5.75 Å². The van der Waals surface area contributed by atoms with Crippen LogP contribution in [0.2, 0.25) is 0 Å². The molecule has 1 unspecified atom stereocenters. The van der Waals surface area contributed by atoms with Crippen LogP contribution in [0.3, 0.4) is 0 Å². The van der Waals surface area contributed by atoms with Gasteiger partial charge in [0.2, 0.25) is 0 Å². The third-order valence-corrected chi connectivity index (χ3v) is 2.95. The van der Waals surface area contributed by atoms with Gasteiger partial charge in [-0.15, -0.1) is 0 Å². The van der Waals surface area contributed by atoms with Gasteiger partial charge in [-0.25, -0.2) is 0 Å². The Bertz CT molecular complexity index is 482. The molecule has 1 aromatic rings. The van der Waals surface area contributed by atoms with Gasteiger partial charge in [0.05, 0.1) is 19.3 Å². The Morgan fingerprint density at radius 3 is 3.11 bits per heavy atom. The quantitative estimate of drug-likeness (QED) is 0.906. The topological polar surface area (TPSA) is 47.6 Å². The minimum absolute atomic E-state index is 0.110. The number of nitrogens with one attached hydrogen (secondary N) is 1. The molecule has 0 saturated carbocycles. The molecule has 2 rings (SSSR count). The minimum Gasteiger partial charge on any atom is -0.494 e. The summed E-state index contributed by atoms with van der Waals surface area (Å²) in [5.41, 5.74) is 1.42. The number of rotatable bonds is 4. The van der Waals surface area contributed by atoms with E-state index in [2.05, 4.69) is 5.32 Å². The van der Waals surface area contributed by atoms with Gasteiger partial charge in [0.15, 0.2) is 0 Å². The first kappa shape index (κ1) is 13.6. The van der Waals surface area contributed by atoms with Crippen LogP contribution < -0.4 is 10.1 Å². The predicted molar refractivity (Wildman–Crippen MR) is 74.4 cm³/mol. The van der Waals surface area contributed by atoms with Crippen molar-refractivity contribution in [3.05, 3.63) is 35.9 Å². The van der Waals surface area contributed by atoms with Gasteiger partial charge in [-0.1, -0.05) is 12.1 Å². The van der Waals surface area contributed by atoms with Crippen molar-refractivity contribution in [3.63, 3.8) is 0 Å². The van der Waals surface area contributed by atoms with E-state index < -0.39 is 0 Å². The molecule has 4 nitrogen and oxygen atoms in total. The molecule has 1 heterocycles. The number of anilines is 1. The van der Waals surface area contributed by atoms with Crippen LogP contribution in [0.4, 0.5) is 5.69 Å². The fraction of sp³-hybridized carbons (Fsp3) is 0.400. The summed E-state index contributed by atoms with van der Waals surface area (Å²) in [6.07, 6.45) is 2.57. The summed E-state index contributed by atoms with van der Waals surface area (Å²) in [7, 11) is 0. The number of carbonyl (C=O) groups is 1. The second-order valence-corrected chi connectivity index (χ2v) is 4.38. The summed E-state index contributed by atoms with van der Waals surface area (Å²) < 4.78 is 10.9. The highest BCUT2D eigenvalue weighted by molar-refractivity contribution is 6.04. The SMILES string of the molecule is CCOc1cccc(NC(=O)C2=CCCOC2C)c1. The van der Waals surface area contributed by atoms with Gasteiger partial charge in [-0.2, -0.15) is 0 Å². The molecule has 0 saturated heterocycles. The number of hydrogen-bond donors (Lipinski definition) is 1. The second kappa shape index (κ2) is 6.38. The van der Waals surface area contributed by atoms with Gasteiger partial charge < -0.3 is 14.8 Å². The van der Waals surface area contributed by atoms with Crippen LogP contribution in [0.15, 0.2) is 35.9 Å². The highest BCUT2D eigenvalue weighted by Gasteiger charge is 2.20. The number of hydrogen-bond acceptors (Lipinski definition) is 3. The van der Waals surface area contributed by atoms with Gasteiger partial charge in [-0.3, -0.25) is 4.79 Å². The summed E-state index contributed by atoms with van der Waals surface area (Å²) in [4.78, 5) is 12.1. The zero-order chi connectivity index (χ0) is 13.7. The van der Waals surface area contributed by atoms with Crippen LogP contribution in [0.25, 0.3) is 0 Å². The Kier molecular flexibility index (Phi) is 4.58. The number of carbonyl (C=O) groups excluding carboxylic acids is 1. The van der Waals surface area contributed by atoms with Gasteiger partial charge in [0.25, 0.3) is 5.91 Å². The Morgan fingerprint density at radius 1 is 1.53 bits per heavy atom. The van der Waals surface area contributed by atoms with Crippen molar-refractivity contribution in [2.45, 2.75) is 26.4 Å². The summed E-state index contributed by atoms with van der Waals surface area (Å²) >= 11 is 0.